The van der Waals surface area contributed by atoms with Crippen molar-refractivity contribution in [3.8, 4) is 0 Å². The molecule has 7 heteroatoms. The van der Waals surface area contributed by atoms with Crippen LogP contribution in [0.2, 0.25) is 0 Å². The van der Waals surface area contributed by atoms with E-state index in [9.17, 15) is 9.59 Å². The summed E-state index contributed by atoms with van der Waals surface area (Å²) in [4.78, 5) is 23.2. The van der Waals surface area contributed by atoms with Crippen LogP contribution in [0, 0.1) is 6.92 Å². The summed E-state index contributed by atoms with van der Waals surface area (Å²) in [6.45, 7) is 1.90. The summed E-state index contributed by atoms with van der Waals surface area (Å²) in [7, 11) is 1.45. The normalized spacial score (nSPS) is 11.8. The van der Waals surface area contributed by atoms with Crippen LogP contribution < -0.4 is 16.4 Å². The quantitative estimate of drug-likeness (QED) is 0.711. The van der Waals surface area contributed by atoms with Crippen molar-refractivity contribution in [3.63, 3.8) is 0 Å². The highest BCUT2D eigenvalue weighted by Gasteiger charge is 2.13. The third-order valence-corrected chi connectivity index (χ3v) is 3.44. The predicted molar refractivity (Wildman–Crippen MR) is 80.4 cm³/mol. The molecule has 0 aliphatic carbocycles. The van der Waals surface area contributed by atoms with Crippen molar-refractivity contribution in [3.05, 3.63) is 28.2 Å². The largest absolute Gasteiger partial charge is 0.383 e. The zero-order chi connectivity index (χ0) is 15.1. The first-order chi connectivity index (χ1) is 9.43. The molecule has 1 unspecified atom stereocenters. The number of benzene rings is 1. The first-order valence-corrected chi connectivity index (χ1v) is 6.81. The molecule has 0 bridgehead atoms. The van der Waals surface area contributed by atoms with E-state index >= 15 is 0 Å². The monoisotopic (exact) mass is 343 g/mol. The molecule has 1 atom stereocenters. The molecule has 0 aliphatic heterocycles. The van der Waals surface area contributed by atoms with Gasteiger partial charge in [-0.2, -0.15) is 0 Å². The maximum absolute atomic E-state index is 11.7. The highest BCUT2D eigenvalue weighted by atomic mass is 79.9. The Labute approximate surface area is 126 Å². The van der Waals surface area contributed by atoms with E-state index < -0.39 is 11.9 Å². The molecule has 4 N–H and O–H groups in total. The van der Waals surface area contributed by atoms with Crippen LogP contribution in [0.4, 0.5) is 5.69 Å². The highest BCUT2D eigenvalue weighted by molar-refractivity contribution is 9.10. The molecular formula is C13H18BrN3O3. The van der Waals surface area contributed by atoms with Gasteiger partial charge in [-0.15, -0.1) is 0 Å². The van der Waals surface area contributed by atoms with E-state index in [4.69, 9.17) is 10.5 Å². The number of amides is 2. The van der Waals surface area contributed by atoms with Gasteiger partial charge in [0.15, 0.2) is 0 Å². The minimum Gasteiger partial charge on any atom is -0.383 e. The molecule has 1 aromatic rings. The van der Waals surface area contributed by atoms with Crippen molar-refractivity contribution in [2.75, 3.05) is 25.6 Å². The molecule has 0 saturated carbocycles. The van der Waals surface area contributed by atoms with Crippen molar-refractivity contribution in [1.82, 2.24) is 5.32 Å². The van der Waals surface area contributed by atoms with Gasteiger partial charge < -0.3 is 21.1 Å². The van der Waals surface area contributed by atoms with Crippen molar-refractivity contribution < 1.29 is 14.3 Å². The van der Waals surface area contributed by atoms with E-state index in [0.29, 0.717) is 5.69 Å². The van der Waals surface area contributed by atoms with Crippen molar-refractivity contribution in [2.24, 2.45) is 5.73 Å². The fourth-order valence-electron chi connectivity index (χ4n) is 1.48. The van der Waals surface area contributed by atoms with Gasteiger partial charge in [0.05, 0.1) is 13.2 Å². The summed E-state index contributed by atoms with van der Waals surface area (Å²) < 4.78 is 5.73. The van der Waals surface area contributed by atoms with Crippen molar-refractivity contribution in [2.45, 2.75) is 13.0 Å². The second kappa shape index (κ2) is 7.98. The van der Waals surface area contributed by atoms with E-state index in [1.807, 2.05) is 19.1 Å². The zero-order valence-electron chi connectivity index (χ0n) is 11.4. The topological polar surface area (TPSA) is 93.4 Å². The maximum atomic E-state index is 11.7. The van der Waals surface area contributed by atoms with Crippen LogP contribution in [0.25, 0.3) is 0 Å². The van der Waals surface area contributed by atoms with Crippen molar-refractivity contribution >= 4 is 33.4 Å². The van der Waals surface area contributed by atoms with Crippen LogP contribution >= 0.6 is 15.9 Å². The number of carbonyl (C=O) groups excluding carboxylic acids is 2. The lowest BCUT2D eigenvalue weighted by molar-refractivity contribution is -0.126. The van der Waals surface area contributed by atoms with Crippen LogP contribution in [0.15, 0.2) is 22.7 Å². The molecule has 20 heavy (non-hydrogen) atoms. The van der Waals surface area contributed by atoms with E-state index in [2.05, 4.69) is 26.6 Å². The minimum absolute atomic E-state index is 0.110. The first kappa shape index (κ1) is 16.6. The molecule has 0 heterocycles. The fourth-order valence-corrected chi connectivity index (χ4v) is 1.73. The average molecular weight is 344 g/mol. The Balaban J connectivity index is 2.44. The lowest BCUT2D eigenvalue weighted by Crippen LogP contribution is -2.45. The lowest BCUT2D eigenvalue weighted by atomic mass is 10.2. The number of rotatable bonds is 6. The number of hydrogen-bond acceptors (Lipinski definition) is 4. The first-order valence-electron chi connectivity index (χ1n) is 6.02. The molecule has 0 aromatic heterocycles. The van der Waals surface area contributed by atoms with Gasteiger partial charge in [-0.25, -0.2) is 0 Å². The Morgan fingerprint density at radius 3 is 2.75 bits per heavy atom. The second-order valence-electron chi connectivity index (χ2n) is 4.29. The Hall–Kier alpha value is -1.44. The van der Waals surface area contributed by atoms with Gasteiger partial charge in [0, 0.05) is 17.3 Å². The number of ether oxygens (including phenoxy) is 1. The molecule has 6 nitrogen and oxygen atoms in total. The van der Waals surface area contributed by atoms with Crippen molar-refractivity contribution in [1.29, 1.82) is 0 Å². The Bertz CT molecular complexity index is 494. The molecule has 2 amide bonds. The number of methoxy groups -OCH3 is 1. The fraction of sp³-hybridized carbons (Fsp3) is 0.385. The second-order valence-corrected chi connectivity index (χ2v) is 5.15. The zero-order valence-corrected chi connectivity index (χ0v) is 13.0. The van der Waals surface area contributed by atoms with Crippen LogP contribution in [-0.2, 0) is 14.3 Å². The molecule has 0 spiro atoms. The molecular weight excluding hydrogens is 326 g/mol. The van der Waals surface area contributed by atoms with Gasteiger partial charge in [-0.05, 0) is 30.7 Å². The molecule has 0 aliphatic rings. The average Bonchev–Trinajstić information content (AvgIpc) is 2.40. The van der Waals surface area contributed by atoms with E-state index in [-0.39, 0.29) is 19.1 Å². The Kier molecular flexibility index (Phi) is 6.63. The number of carbonyl (C=O) groups is 2. The standard InChI is InChI=1S/C13H18BrN3O3/c1-8-5-9(3-4-10(8)14)17-12(18)6-16-13(19)11(15)7-20-2/h3-5,11H,6-7,15H2,1-2H3,(H,16,19)(H,17,18). The Morgan fingerprint density at radius 2 is 2.15 bits per heavy atom. The van der Waals surface area contributed by atoms with Gasteiger partial charge in [0.1, 0.15) is 6.04 Å². The van der Waals surface area contributed by atoms with E-state index in [0.717, 1.165) is 10.0 Å². The number of nitrogens with two attached hydrogens (primary N) is 1. The third kappa shape index (κ3) is 5.28. The lowest BCUT2D eigenvalue weighted by Gasteiger charge is -2.11. The third-order valence-electron chi connectivity index (χ3n) is 2.55. The van der Waals surface area contributed by atoms with Crippen LogP contribution in [0.1, 0.15) is 5.56 Å². The van der Waals surface area contributed by atoms with Gasteiger partial charge in [0.2, 0.25) is 11.8 Å². The summed E-state index contributed by atoms with van der Waals surface area (Å²) in [5.41, 5.74) is 7.21. The van der Waals surface area contributed by atoms with Crippen LogP contribution in [0.3, 0.4) is 0 Å². The van der Waals surface area contributed by atoms with Gasteiger partial charge in [-0.3, -0.25) is 9.59 Å². The minimum atomic E-state index is -0.775. The van der Waals surface area contributed by atoms with Gasteiger partial charge in [-0.1, -0.05) is 15.9 Å². The summed E-state index contributed by atoms with van der Waals surface area (Å²) in [6, 6.07) is 4.68. The number of aryl methyl sites for hydroxylation is 1. The smallest absolute Gasteiger partial charge is 0.243 e. The molecule has 0 fully saturated rings. The molecule has 1 rings (SSSR count). The summed E-state index contributed by atoms with van der Waals surface area (Å²) in [6.07, 6.45) is 0. The number of hydrogen-bond donors (Lipinski definition) is 3. The predicted octanol–water partition coefficient (Wildman–Crippen LogP) is 0.786. The Morgan fingerprint density at radius 1 is 1.45 bits per heavy atom. The number of anilines is 1. The van der Waals surface area contributed by atoms with Crippen LogP contribution in [0.5, 0.6) is 0 Å². The highest BCUT2D eigenvalue weighted by Crippen LogP contribution is 2.19. The van der Waals surface area contributed by atoms with Crippen LogP contribution in [-0.4, -0.2) is 38.1 Å². The molecule has 0 radical (unpaired) electrons. The maximum Gasteiger partial charge on any atom is 0.243 e. The summed E-state index contributed by atoms with van der Waals surface area (Å²) in [5, 5.41) is 5.14. The SMILES string of the molecule is COCC(N)C(=O)NCC(=O)Nc1ccc(Br)c(C)c1. The van der Waals surface area contributed by atoms with Gasteiger partial charge >= 0.3 is 0 Å². The number of nitrogens with one attached hydrogen (secondary N) is 2. The van der Waals surface area contributed by atoms with E-state index in [1.54, 1.807) is 6.07 Å². The molecule has 0 saturated heterocycles. The van der Waals surface area contributed by atoms with Gasteiger partial charge in [0.25, 0.3) is 0 Å². The summed E-state index contributed by atoms with van der Waals surface area (Å²) in [5.74, 6) is -0.737. The number of halogens is 1. The molecule has 110 valence electrons. The summed E-state index contributed by atoms with van der Waals surface area (Å²) >= 11 is 3.38. The molecule has 1 aromatic carbocycles. The van der Waals surface area contributed by atoms with E-state index in [1.165, 1.54) is 7.11 Å².